The molecule has 0 amide bonds. The number of carboxylic acid groups (broad SMARTS) is 2. The van der Waals surface area contributed by atoms with Gasteiger partial charge in [-0.1, -0.05) is 6.92 Å². The van der Waals surface area contributed by atoms with Gasteiger partial charge in [0.2, 0.25) is 0 Å². The molecule has 0 radical (unpaired) electrons. The Balaban J connectivity index is 2.87. The minimum Gasteiger partial charge on any atom is -0.481 e. The molecule has 0 bridgehead atoms. The van der Waals surface area contributed by atoms with Crippen molar-refractivity contribution in [2.24, 2.45) is 17.6 Å². The first-order valence-electron chi connectivity index (χ1n) is 4.14. The predicted octanol–water partition coefficient (Wildman–Crippen LogP) is -0.101. The van der Waals surface area contributed by atoms with Gasteiger partial charge in [0.1, 0.15) is 5.54 Å². The molecule has 0 saturated heterocycles. The van der Waals surface area contributed by atoms with Gasteiger partial charge in [0.05, 0.1) is 5.92 Å². The first kappa shape index (κ1) is 9.98. The van der Waals surface area contributed by atoms with Crippen molar-refractivity contribution in [2.45, 2.75) is 25.3 Å². The molecule has 1 aliphatic carbocycles. The number of hydrogen-bond acceptors (Lipinski definition) is 3. The van der Waals surface area contributed by atoms with Crippen LogP contribution in [0.3, 0.4) is 0 Å². The van der Waals surface area contributed by atoms with Gasteiger partial charge in [-0.3, -0.25) is 9.59 Å². The van der Waals surface area contributed by atoms with Crippen molar-refractivity contribution in [1.29, 1.82) is 0 Å². The standard InChI is InChI=1S/C8H13NO4/c1-4-5(6(10)11)2-3-8(4,9)7(12)13/h4-5H,2-3,9H2,1H3,(H,10,11)(H,12,13)/t4-,5-,8+/m1/s1. The molecule has 5 heteroatoms. The highest BCUT2D eigenvalue weighted by atomic mass is 16.4. The van der Waals surface area contributed by atoms with Crippen LogP contribution < -0.4 is 5.73 Å². The first-order valence-corrected chi connectivity index (χ1v) is 4.14. The van der Waals surface area contributed by atoms with Crippen molar-refractivity contribution in [3.63, 3.8) is 0 Å². The molecule has 0 spiro atoms. The molecular formula is C8H13NO4. The van der Waals surface area contributed by atoms with E-state index in [1.54, 1.807) is 6.92 Å². The SMILES string of the molecule is C[C@@H]1[C@H](C(=O)O)CC[C@@]1(N)C(=O)O. The summed E-state index contributed by atoms with van der Waals surface area (Å²) < 4.78 is 0. The van der Waals surface area contributed by atoms with Gasteiger partial charge in [0, 0.05) is 0 Å². The highest BCUT2D eigenvalue weighted by Crippen LogP contribution is 2.38. The summed E-state index contributed by atoms with van der Waals surface area (Å²) in [5, 5.41) is 17.6. The number of hydrogen-bond donors (Lipinski definition) is 3. The van der Waals surface area contributed by atoms with Crippen LogP contribution in [-0.2, 0) is 9.59 Å². The van der Waals surface area contributed by atoms with Crippen LogP contribution in [0.1, 0.15) is 19.8 Å². The van der Waals surface area contributed by atoms with Crippen LogP contribution in [0.15, 0.2) is 0 Å². The lowest BCUT2D eigenvalue weighted by Gasteiger charge is -2.25. The molecule has 0 aromatic carbocycles. The average Bonchev–Trinajstić information content (AvgIpc) is 2.30. The number of nitrogens with two attached hydrogens (primary N) is 1. The van der Waals surface area contributed by atoms with E-state index in [1.165, 1.54) is 0 Å². The Hall–Kier alpha value is -1.10. The molecule has 74 valence electrons. The average molecular weight is 187 g/mol. The Morgan fingerprint density at radius 2 is 2.00 bits per heavy atom. The van der Waals surface area contributed by atoms with E-state index in [0.29, 0.717) is 6.42 Å². The molecule has 1 aliphatic rings. The molecule has 1 fully saturated rings. The Kier molecular flexibility index (Phi) is 2.30. The fourth-order valence-electron chi connectivity index (χ4n) is 1.87. The van der Waals surface area contributed by atoms with Gasteiger partial charge < -0.3 is 15.9 Å². The van der Waals surface area contributed by atoms with E-state index in [9.17, 15) is 9.59 Å². The summed E-state index contributed by atoms with van der Waals surface area (Å²) in [5.74, 6) is -3.20. The molecule has 0 unspecified atom stereocenters. The summed E-state index contributed by atoms with van der Waals surface area (Å²) in [6, 6.07) is 0. The molecule has 0 heterocycles. The molecule has 4 N–H and O–H groups in total. The number of carboxylic acids is 2. The normalized spacial score (nSPS) is 38.9. The molecule has 3 atom stereocenters. The van der Waals surface area contributed by atoms with E-state index >= 15 is 0 Å². The van der Waals surface area contributed by atoms with Gasteiger partial charge >= 0.3 is 11.9 Å². The summed E-state index contributed by atoms with van der Waals surface area (Å²) >= 11 is 0. The summed E-state index contributed by atoms with van der Waals surface area (Å²) in [4.78, 5) is 21.5. The molecule has 0 aromatic heterocycles. The lowest BCUT2D eigenvalue weighted by molar-refractivity contribution is -0.147. The van der Waals surface area contributed by atoms with Crippen molar-refractivity contribution in [3.05, 3.63) is 0 Å². The second-order valence-corrected chi connectivity index (χ2v) is 3.62. The smallest absolute Gasteiger partial charge is 0.323 e. The van der Waals surface area contributed by atoms with E-state index in [4.69, 9.17) is 15.9 Å². The fourth-order valence-corrected chi connectivity index (χ4v) is 1.87. The van der Waals surface area contributed by atoms with Crippen molar-refractivity contribution >= 4 is 11.9 Å². The van der Waals surface area contributed by atoms with Crippen LogP contribution in [0, 0.1) is 11.8 Å². The van der Waals surface area contributed by atoms with Gasteiger partial charge in [-0.25, -0.2) is 0 Å². The van der Waals surface area contributed by atoms with E-state index in [1.807, 2.05) is 0 Å². The highest BCUT2D eigenvalue weighted by molar-refractivity contribution is 5.82. The molecule has 0 aromatic rings. The van der Waals surface area contributed by atoms with Gasteiger partial charge in [-0.15, -0.1) is 0 Å². The Labute approximate surface area is 75.5 Å². The van der Waals surface area contributed by atoms with Crippen LogP contribution >= 0.6 is 0 Å². The molecule has 5 nitrogen and oxygen atoms in total. The van der Waals surface area contributed by atoms with E-state index in [0.717, 1.165) is 0 Å². The van der Waals surface area contributed by atoms with Crippen LogP contribution in [0.25, 0.3) is 0 Å². The van der Waals surface area contributed by atoms with Crippen molar-refractivity contribution < 1.29 is 19.8 Å². The third kappa shape index (κ3) is 1.39. The Morgan fingerprint density at radius 3 is 2.23 bits per heavy atom. The zero-order chi connectivity index (χ0) is 10.2. The van der Waals surface area contributed by atoms with Gasteiger partial charge in [0.15, 0.2) is 0 Å². The summed E-state index contributed by atoms with van der Waals surface area (Å²) in [6.45, 7) is 1.58. The second-order valence-electron chi connectivity index (χ2n) is 3.62. The summed E-state index contributed by atoms with van der Waals surface area (Å²) in [6.07, 6.45) is 0.583. The summed E-state index contributed by atoms with van der Waals surface area (Å²) in [7, 11) is 0. The maximum Gasteiger partial charge on any atom is 0.323 e. The highest BCUT2D eigenvalue weighted by Gasteiger charge is 2.51. The quantitative estimate of drug-likeness (QED) is 0.560. The van der Waals surface area contributed by atoms with Gasteiger partial charge in [0.25, 0.3) is 0 Å². The maximum atomic E-state index is 10.8. The van der Waals surface area contributed by atoms with Crippen molar-refractivity contribution in [1.82, 2.24) is 0 Å². The Bertz CT molecular complexity index is 253. The Morgan fingerprint density at radius 1 is 1.46 bits per heavy atom. The molecule has 0 aliphatic heterocycles. The number of rotatable bonds is 2. The lowest BCUT2D eigenvalue weighted by atomic mass is 9.85. The zero-order valence-corrected chi connectivity index (χ0v) is 7.36. The number of aliphatic carboxylic acids is 2. The topological polar surface area (TPSA) is 101 Å². The van der Waals surface area contributed by atoms with Crippen molar-refractivity contribution in [2.75, 3.05) is 0 Å². The van der Waals surface area contributed by atoms with E-state index in [-0.39, 0.29) is 6.42 Å². The first-order chi connectivity index (χ1) is 5.89. The van der Waals surface area contributed by atoms with E-state index in [2.05, 4.69) is 0 Å². The van der Waals surface area contributed by atoms with Gasteiger partial charge in [-0.2, -0.15) is 0 Å². The zero-order valence-electron chi connectivity index (χ0n) is 7.36. The summed E-state index contributed by atoms with van der Waals surface area (Å²) in [5.41, 5.74) is 4.25. The van der Waals surface area contributed by atoms with Crippen LogP contribution in [-0.4, -0.2) is 27.7 Å². The molecule has 1 rings (SSSR count). The number of carbonyl (C=O) groups is 2. The minimum absolute atomic E-state index is 0.237. The van der Waals surface area contributed by atoms with Gasteiger partial charge in [-0.05, 0) is 18.8 Å². The molecule has 13 heavy (non-hydrogen) atoms. The minimum atomic E-state index is -1.36. The van der Waals surface area contributed by atoms with Crippen LogP contribution in [0.2, 0.25) is 0 Å². The van der Waals surface area contributed by atoms with Crippen LogP contribution in [0.4, 0.5) is 0 Å². The molecular weight excluding hydrogens is 174 g/mol. The maximum absolute atomic E-state index is 10.8. The monoisotopic (exact) mass is 187 g/mol. The predicted molar refractivity (Wildman–Crippen MR) is 44.1 cm³/mol. The molecule has 1 saturated carbocycles. The largest absolute Gasteiger partial charge is 0.481 e. The lowest BCUT2D eigenvalue weighted by Crippen LogP contribution is -2.51. The fraction of sp³-hybridized carbons (Fsp3) is 0.750. The third-order valence-electron chi connectivity index (χ3n) is 3.00. The third-order valence-corrected chi connectivity index (χ3v) is 3.00. The van der Waals surface area contributed by atoms with Crippen LogP contribution in [0.5, 0.6) is 0 Å². The van der Waals surface area contributed by atoms with Crippen molar-refractivity contribution in [3.8, 4) is 0 Å². The second kappa shape index (κ2) is 2.99. The van der Waals surface area contributed by atoms with E-state index < -0.39 is 29.3 Å².